The molecular weight excluding hydrogens is 200 g/mol. The summed E-state index contributed by atoms with van der Waals surface area (Å²) in [6, 6.07) is 3.77. The van der Waals surface area contributed by atoms with Gasteiger partial charge in [-0.05, 0) is 17.5 Å². The highest BCUT2D eigenvalue weighted by Crippen LogP contribution is 2.12. The molecule has 0 aromatic carbocycles. The number of thiophene rings is 1. The minimum absolute atomic E-state index is 0.0562. The molecule has 0 atom stereocenters. The van der Waals surface area contributed by atoms with E-state index in [1.165, 1.54) is 11.3 Å². The Labute approximate surface area is 84.6 Å². The fraction of sp³-hybridized carbons (Fsp3) is 0.111. The van der Waals surface area contributed by atoms with Crippen molar-refractivity contribution in [2.75, 3.05) is 6.54 Å². The van der Waals surface area contributed by atoms with Crippen molar-refractivity contribution >= 4 is 29.2 Å². The van der Waals surface area contributed by atoms with Gasteiger partial charge in [0.15, 0.2) is 0 Å². The van der Waals surface area contributed by atoms with Crippen LogP contribution in [0.4, 0.5) is 0 Å². The second kappa shape index (κ2) is 3.63. The van der Waals surface area contributed by atoms with Crippen LogP contribution < -0.4 is 10.6 Å². The fourth-order valence-corrected chi connectivity index (χ4v) is 1.78. The lowest BCUT2D eigenvalue weighted by Gasteiger charge is -2.15. The number of amides is 2. The highest BCUT2D eigenvalue weighted by molar-refractivity contribution is 7.10. The minimum Gasteiger partial charge on any atom is -0.342 e. The largest absolute Gasteiger partial charge is 0.342 e. The Bertz CT molecular complexity index is 395. The normalized spacial score (nSPS) is 19.3. The first kappa shape index (κ1) is 8.96. The van der Waals surface area contributed by atoms with Gasteiger partial charge in [-0.3, -0.25) is 9.59 Å². The zero-order valence-corrected chi connectivity index (χ0v) is 8.06. The molecule has 1 aliphatic rings. The van der Waals surface area contributed by atoms with Crippen LogP contribution in [0.2, 0.25) is 0 Å². The van der Waals surface area contributed by atoms with E-state index in [1.807, 2.05) is 17.5 Å². The van der Waals surface area contributed by atoms with E-state index in [9.17, 15) is 9.59 Å². The highest BCUT2D eigenvalue weighted by atomic mass is 32.1. The van der Waals surface area contributed by atoms with E-state index >= 15 is 0 Å². The third-order valence-corrected chi connectivity index (χ3v) is 2.58. The molecule has 2 rings (SSSR count). The van der Waals surface area contributed by atoms with Crippen molar-refractivity contribution in [3.63, 3.8) is 0 Å². The van der Waals surface area contributed by atoms with Gasteiger partial charge >= 0.3 is 0 Å². The summed E-state index contributed by atoms with van der Waals surface area (Å²) in [5.41, 5.74) is 0.309. The lowest BCUT2D eigenvalue weighted by atomic mass is 10.3. The van der Waals surface area contributed by atoms with Crippen LogP contribution in [0.5, 0.6) is 0 Å². The van der Waals surface area contributed by atoms with Crippen molar-refractivity contribution in [2.45, 2.75) is 0 Å². The summed E-state index contributed by atoms with van der Waals surface area (Å²) in [6.07, 6.45) is 1.66. The molecule has 0 spiro atoms. The number of carbonyl (C=O) groups is 2. The third kappa shape index (κ3) is 1.82. The molecule has 72 valence electrons. The quantitative estimate of drug-likeness (QED) is 0.654. The average molecular weight is 208 g/mol. The van der Waals surface area contributed by atoms with Crippen LogP contribution in [0.3, 0.4) is 0 Å². The van der Waals surface area contributed by atoms with E-state index in [-0.39, 0.29) is 18.4 Å². The lowest BCUT2D eigenvalue weighted by molar-refractivity contribution is -0.127. The van der Waals surface area contributed by atoms with Gasteiger partial charge in [-0.25, -0.2) is 0 Å². The van der Waals surface area contributed by atoms with E-state index in [1.54, 1.807) is 6.08 Å². The summed E-state index contributed by atoms with van der Waals surface area (Å²) in [5.74, 6) is -0.426. The Hall–Kier alpha value is -1.62. The van der Waals surface area contributed by atoms with Crippen molar-refractivity contribution in [3.05, 3.63) is 28.1 Å². The van der Waals surface area contributed by atoms with Crippen molar-refractivity contribution in [1.29, 1.82) is 0 Å². The number of hydrogen-bond donors (Lipinski definition) is 2. The van der Waals surface area contributed by atoms with Crippen LogP contribution in [0.15, 0.2) is 23.2 Å². The Morgan fingerprint density at radius 3 is 3.00 bits per heavy atom. The maximum atomic E-state index is 11.3. The van der Waals surface area contributed by atoms with Crippen LogP contribution in [0.1, 0.15) is 4.88 Å². The van der Waals surface area contributed by atoms with Gasteiger partial charge < -0.3 is 10.6 Å². The molecular formula is C9H8N2O2S. The minimum atomic E-state index is -0.238. The average Bonchev–Trinajstić information content (AvgIpc) is 2.64. The third-order valence-electron chi connectivity index (χ3n) is 1.76. The molecule has 0 saturated carbocycles. The Kier molecular flexibility index (Phi) is 2.32. The van der Waals surface area contributed by atoms with Gasteiger partial charge in [0, 0.05) is 4.88 Å². The number of rotatable bonds is 1. The number of nitrogens with one attached hydrogen (secondary N) is 2. The molecule has 1 aliphatic heterocycles. The van der Waals surface area contributed by atoms with Gasteiger partial charge in [0.25, 0.3) is 5.91 Å². The van der Waals surface area contributed by atoms with Gasteiger partial charge in [-0.1, -0.05) is 6.07 Å². The molecule has 0 bridgehead atoms. The number of carbonyl (C=O) groups excluding carboxylic acids is 2. The van der Waals surface area contributed by atoms with Crippen molar-refractivity contribution in [3.8, 4) is 0 Å². The molecule has 0 unspecified atom stereocenters. The van der Waals surface area contributed by atoms with Gasteiger partial charge in [-0.2, -0.15) is 0 Å². The summed E-state index contributed by atoms with van der Waals surface area (Å²) in [7, 11) is 0. The van der Waals surface area contributed by atoms with Crippen LogP contribution in [0, 0.1) is 0 Å². The Morgan fingerprint density at radius 2 is 2.29 bits per heavy atom. The maximum Gasteiger partial charge on any atom is 0.268 e. The van der Waals surface area contributed by atoms with E-state index in [2.05, 4.69) is 10.6 Å². The summed E-state index contributed by atoms with van der Waals surface area (Å²) >= 11 is 1.51. The van der Waals surface area contributed by atoms with Crippen LogP contribution in [-0.4, -0.2) is 18.4 Å². The second-order valence-corrected chi connectivity index (χ2v) is 3.78. The Balaban J connectivity index is 2.23. The molecule has 0 radical (unpaired) electrons. The first-order valence-corrected chi connectivity index (χ1v) is 4.97. The predicted molar refractivity (Wildman–Crippen MR) is 53.4 cm³/mol. The molecule has 1 fully saturated rings. The van der Waals surface area contributed by atoms with Crippen LogP contribution in [-0.2, 0) is 9.59 Å². The van der Waals surface area contributed by atoms with E-state index in [0.717, 1.165) is 4.88 Å². The van der Waals surface area contributed by atoms with E-state index in [0.29, 0.717) is 5.70 Å². The first-order chi connectivity index (χ1) is 6.75. The smallest absolute Gasteiger partial charge is 0.268 e. The molecule has 2 amide bonds. The zero-order valence-electron chi connectivity index (χ0n) is 7.24. The highest BCUT2D eigenvalue weighted by Gasteiger charge is 2.18. The molecule has 2 N–H and O–H groups in total. The van der Waals surface area contributed by atoms with Gasteiger partial charge in [0.1, 0.15) is 5.70 Å². The summed E-state index contributed by atoms with van der Waals surface area (Å²) in [4.78, 5) is 23.2. The standard InChI is InChI=1S/C9H8N2O2S/c12-8-5-10-9(13)7(11-8)4-6-2-1-3-14-6/h1-4H,5H2,(H,10,13)(H,11,12)/b7-4-. The number of piperazine rings is 1. The molecule has 0 aliphatic carbocycles. The second-order valence-electron chi connectivity index (χ2n) is 2.80. The van der Waals surface area contributed by atoms with E-state index < -0.39 is 0 Å². The van der Waals surface area contributed by atoms with Gasteiger partial charge in [0.05, 0.1) is 6.54 Å². The fourth-order valence-electron chi connectivity index (χ4n) is 1.12. The Morgan fingerprint density at radius 1 is 1.43 bits per heavy atom. The molecule has 1 aromatic rings. The van der Waals surface area contributed by atoms with Crippen LogP contribution in [0.25, 0.3) is 6.08 Å². The van der Waals surface area contributed by atoms with Gasteiger partial charge in [-0.15, -0.1) is 11.3 Å². The summed E-state index contributed by atoms with van der Waals surface area (Å²) in [5, 5.41) is 6.91. The summed E-state index contributed by atoms with van der Waals surface area (Å²) < 4.78 is 0. The number of hydrogen-bond acceptors (Lipinski definition) is 3. The summed E-state index contributed by atoms with van der Waals surface area (Å²) in [6.45, 7) is 0.0562. The van der Waals surface area contributed by atoms with Crippen molar-refractivity contribution in [2.24, 2.45) is 0 Å². The van der Waals surface area contributed by atoms with Crippen molar-refractivity contribution < 1.29 is 9.59 Å². The molecule has 5 heteroatoms. The van der Waals surface area contributed by atoms with Crippen LogP contribution >= 0.6 is 11.3 Å². The molecule has 4 nitrogen and oxygen atoms in total. The lowest BCUT2D eigenvalue weighted by Crippen LogP contribution is -2.46. The monoisotopic (exact) mass is 208 g/mol. The maximum absolute atomic E-state index is 11.3. The predicted octanol–water partition coefficient (Wildman–Crippen LogP) is 0.335. The molecule has 2 heterocycles. The zero-order chi connectivity index (χ0) is 9.97. The van der Waals surface area contributed by atoms with E-state index in [4.69, 9.17) is 0 Å². The van der Waals surface area contributed by atoms with Crippen molar-refractivity contribution in [1.82, 2.24) is 10.6 Å². The molecule has 14 heavy (non-hydrogen) atoms. The molecule has 1 saturated heterocycles. The molecule has 1 aromatic heterocycles. The topological polar surface area (TPSA) is 58.2 Å². The SMILES string of the molecule is O=C1CNC(=O)/C(=C/c2cccs2)N1. The first-order valence-electron chi connectivity index (χ1n) is 4.09. The van der Waals surface area contributed by atoms with Gasteiger partial charge in [0.2, 0.25) is 5.91 Å².